The average Bonchev–Trinajstić information content (AvgIpc) is 2.60. The molecular formula is C22H20O4. The van der Waals surface area contributed by atoms with Crippen LogP contribution in [0.25, 0.3) is 28.2 Å². The molecule has 1 heterocycles. The van der Waals surface area contributed by atoms with Crippen molar-refractivity contribution in [3.05, 3.63) is 76.7 Å². The van der Waals surface area contributed by atoms with Gasteiger partial charge < -0.3 is 9.15 Å². The van der Waals surface area contributed by atoms with Gasteiger partial charge in [0.25, 0.3) is 0 Å². The second kappa shape index (κ2) is 7.00. The molecule has 0 spiro atoms. The van der Waals surface area contributed by atoms with Crippen LogP contribution in [0.3, 0.4) is 0 Å². The third kappa shape index (κ3) is 3.91. The van der Waals surface area contributed by atoms with E-state index in [1.165, 1.54) is 6.08 Å². The van der Waals surface area contributed by atoms with Crippen molar-refractivity contribution in [2.75, 3.05) is 0 Å². The number of carbonyl (C=O) groups is 1. The number of ether oxygens (including phenoxy) is 1. The molecule has 0 unspecified atom stereocenters. The first-order valence-corrected chi connectivity index (χ1v) is 8.37. The van der Waals surface area contributed by atoms with E-state index < -0.39 is 17.2 Å². The summed E-state index contributed by atoms with van der Waals surface area (Å²) in [5.74, 6) is -0.0269. The third-order valence-corrected chi connectivity index (χ3v) is 3.71. The lowest BCUT2D eigenvalue weighted by molar-refractivity contribution is -0.148. The van der Waals surface area contributed by atoms with Crippen molar-refractivity contribution in [3.63, 3.8) is 0 Å². The highest BCUT2D eigenvalue weighted by atomic mass is 16.6. The fourth-order valence-electron chi connectivity index (χ4n) is 2.68. The highest BCUT2D eigenvalue weighted by Crippen LogP contribution is 2.29. The SMILES string of the molecule is CC(C)(C)OC(=O)/C=C/c1c(-c2ccccc2)oc(=O)c2ccccc12. The fraction of sp³-hybridized carbons (Fsp3) is 0.182. The Morgan fingerprint density at radius 1 is 0.962 bits per heavy atom. The van der Waals surface area contributed by atoms with Crippen LogP contribution in [-0.4, -0.2) is 11.6 Å². The van der Waals surface area contributed by atoms with E-state index in [4.69, 9.17) is 9.15 Å². The zero-order valence-corrected chi connectivity index (χ0v) is 15.0. The standard InChI is InChI=1S/C22H20O4/c1-22(2,3)26-19(23)14-13-17-16-11-7-8-12-18(16)21(24)25-20(17)15-9-5-4-6-10-15/h4-14H,1-3H3/b14-13+. The number of esters is 1. The summed E-state index contributed by atoms with van der Waals surface area (Å²) in [6.45, 7) is 5.43. The number of benzene rings is 2. The molecule has 0 amide bonds. The molecule has 3 aromatic rings. The van der Waals surface area contributed by atoms with Crippen molar-refractivity contribution in [2.45, 2.75) is 26.4 Å². The molecule has 0 aliphatic carbocycles. The Hall–Kier alpha value is -3.14. The van der Waals surface area contributed by atoms with Gasteiger partial charge in [0.1, 0.15) is 11.4 Å². The number of rotatable bonds is 3. The van der Waals surface area contributed by atoms with Crippen LogP contribution in [0.15, 0.2) is 69.9 Å². The van der Waals surface area contributed by atoms with Gasteiger partial charge in [0, 0.05) is 17.2 Å². The highest BCUT2D eigenvalue weighted by Gasteiger charge is 2.16. The quantitative estimate of drug-likeness (QED) is 0.503. The zero-order valence-electron chi connectivity index (χ0n) is 15.0. The topological polar surface area (TPSA) is 56.5 Å². The summed E-state index contributed by atoms with van der Waals surface area (Å²) in [5.41, 5.74) is 0.444. The number of hydrogen-bond donors (Lipinski definition) is 0. The third-order valence-electron chi connectivity index (χ3n) is 3.71. The van der Waals surface area contributed by atoms with E-state index in [1.807, 2.05) is 63.2 Å². The summed E-state index contributed by atoms with van der Waals surface area (Å²) < 4.78 is 10.9. The molecule has 0 bridgehead atoms. The molecule has 1 aromatic heterocycles. The smallest absolute Gasteiger partial charge is 0.344 e. The van der Waals surface area contributed by atoms with Crippen LogP contribution in [0, 0.1) is 0 Å². The predicted molar refractivity (Wildman–Crippen MR) is 103 cm³/mol. The lowest BCUT2D eigenvalue weighted by atomic mass is 10.0. The minimum Gasteiger partial charge on any atom is -0.457 e. The van der Waals surface area contributed by atoms with Crippen molar-refractivity contribution < 1.29 is 13.9 Å². The van der Waals surface area contributed by atoms with Crippen molar-refractivity contribution in [3.8, 4) is 11.3 Å². The molecule has 0 fully saturated rings. The van der Waals surface area contributed by atoms with Crippen molar-refractivity contribution >= 4 is 22.8 Å². The summed E-state index contributed by atoms with van der Waals surface area (Å²) in [5, 5.41) is 1.19. The Kier molecular flexibility index (Phi) is 4.76. The molecule has 0 N–H and O–H groups in total. The molecule has 0 saturated carbocycles. The predicted octanol–water partition coefficient (Wildman–Crippen LogP) is 4.81. The van der Waals surface area contributed by atoms with Crippen molar-refractivity contribution in [1.29, 1.82) is 0 Å². The molecule has 3 rings (SSSR count). The minimum absolute atomic E-state index is 0.408. The number of fused-ring (bicyclic) bond motifs is 1. The lowest BCUT2D eigenvalue weighted by Gasteiger charge is -2.18. The van der Waals surface area contributed by atoms with Gasteiger partial charge >= 0.3 is 11.6 Å². The lowest BCUT2D eigenvalue weighted by Crippen LogP contribution is -2.22. The van der Waals surface area contributed by atoms with Gasteiger partial charge in [-0.15, -0.1) is 0 Å². The van der Waals surface area contributed by atoms with E-state index in [0.717, 1.165) is 10.9 Å². The van der Waals surface area contributed by atoms with Gasteiger partial charge in [-0.25, -0.2) is 9.59 Å². The maximum absolute atomic E-state index is 12.4. The number of hydrogen-bond acceptors (Lipinski definition) is 4. The molecule has 0 radical (unpaired) electrons. The monoisotopic (exact) mass is 348 g/mol. The Bertz CT molecular complexity index is 1020. The van der Waals surface area contributed by atoms with Crippen LogP contribution in [0.5, 0.6) is 0 Å². The molecule has 26 heavy (non-hydrogen) atoms. The maximum atomic E-state index is 12.4. The van der Waals surface area contributed by atoms with Gasteiger partial charge in [-0.2, -0.15) is 0 Å². The largest absolute Gasteiger partial charge is 0.457 e. The summed E-state index contributed by atoms with van der Waals surface area (Å²) in [6.07, 6.45) is 3.00. The van der Waals surface area contributed by atoms with Gasteiger partial charge in [0.15, 0.2) is 0 Å². The van der Waals surface area contributed by atoms with Crippen LogP contribution >= 0.6 is 0 Å². The maximum Gasteiger partial charge on any atom is 0.344 e. The van der Waals surface area contributed by atoms with Crippen LogP contribution < -0.4 is 5.63 Å². The van der Waals surface area contributed by atoms with Crippen molar-refractivity contribution in [2.24, 2.45) is 0 Å². The molecule has 2 aromatic carbocycles. The first kappa shape index (κ1) is 17.7. The summed E-state index contributed by atoms with van der Waals surface area (Å²) in [7, 11) is 0. The normalized spacial score (nSPS) is 11.8. The van der Waals surface area contributed by atoms with Gasteiger partial charge in [-0.05, 0) is 38.3 Å². The molecule has 4 heteroatoms. The second-order valence-electron chi connectivity index (χ2n) is 6.91. The van der Waals surface area contributed by atoms with Gasteiger partial charge in [0.2, 0.25) is 0 Å². The van der Waals surface area contributed by atoms with E-state index in [9.17, 15) is 9.59 Å². The van der Waals surface area contributed by atoms with Crippen LogP contribution in [0.2, 0.25) is 0 Å². The molecule has 0 atom stereocenters. The summed E-state index contributed by atoms with van der Waals surface area (Å²) in [4.78, 5) is 24.4. The molecule has 0 saturated heterocycles. The zero-order chi connectivity index (χ0) is 18.7. The highest BCUT2D eigenvalue weighted by molar-refractivity contribution is 5.98. The first-order chi connectivity index (χ1) is 12.3. The average molecular weight is 348 g/mol. The Labute approximate surface area is 151 Å². The molecule has 0 aliphatic heterocycles. The molecule has 4 nitrogen and oxygen atoms in total. The van der Waals surface area contributed by atoms with Gasteiger partial charge in [-0.3, -0.25) is 0 Å². The second-order valence-corrected chi connectivity index (χ2v) is 6.91. The Morgan fingerprint density at radius 3 is 2.23 bits per heavy atom. The van der Waals surface area contributed by atoms with Gasteiger partial charge in [0.05, 0.1) is 5.39 Å². The van der Waals surface area contributed by atoms with Gasteiger partial charge in [-0.1, -0.05) is 48.5 Å². The summed E-state index contributed by atoms with van der Waals surface area (Å²) >= 11 is 0. The fourth-order valence-corrected chi connectivity index (χ4v) is 2.68. The first-order valence-electron chi connectivity index (χ1n) is 8.37. The van der Waals surface area contributed by atoms with Crippen molar-refractivity contribution in [1.82, 2.24) is 0 Å². The van der Waals surface area contributed by atoms with Crippen LogP contribution in [-0.2, 0) is 9.53 Å². The van der Waals surface area contributed by atoms with Crippen LogP contribution in [0.1, 0.15) is 26.3 Å². The minimum atomic E-state index is -0.574. The molecule has 132 valence electrons. The van der Waals surface area contributed by atoms with E-state index in [-0.39, 0.29) is 0 Å². The Morgan fingerprint density at radius 2 is 1.58 bits per heavy atom. The summed E-state index contributed by atoms with van der Waals surface area (Å²) in [6, 6.07) is 16.5. The molecular weight excluding hydrogens is 328 g/mol. The van der Waals surface area contributed by atoms with E-state index in [0.29, 0.717) is 16.7 Å². The van der Waals surface area contributed by atoms with E-state index >= 15 is 0 Å². The molecule has 0 aliphatic rings. The van der Waals surface area contributed by atoms with Crippen LogP contribution in [0.4, 0.5) is 0 Å². The van der Waals surface area contributed by atoms with E-state index in [2.05, 4.69) is 0 Å². The number of carbonyl (C=O) groups excluding carboxylic acids is 1. The van der Waals surface area contributed by atoms with E-state index in [1.54, 1.807) is 18.2 Å². The Balaban J connectivity index is 2.17.